The molecule has 2 nitrogen and oxygen atoms in total. The van der Waals surface area contributed by atoms with E-state index in [0.29, 0.717) is 24.2 Å². The Kier molecular flexibility index (Phi) is 8.66. The molecule has 0 aromatic heterocycles. The predicted molar refractivity (Wildman–Crippen MR) is 132 cm³/mol. The molecule has 3 aliphatic carbocycles. The van der Waals surface area contributed by atoms with Gasteiger partial charge in [0.15, 0.2) is 0 Å². The molecular weight excluding hydrogens is 380 g/mol. The van der Waals surface area contributed by atoms with Crippen LogP contribution in [0, 0.1) is 29.1 Å². The molecule has 6 atom stereocenters. The van der Waals surface area contributed by atoms with Gasteiger partial charge in [0.1, 0.15) is 0 Å². The number of rotatable bonds is 8. The minimum atomic E-state index is -0.595. The summed E-state index contributed by atoms with van der Waals surface area (Å²) in [7, 11) is 0. The average Bonchev–Trinajstić information content (AvgIpc) is 3.06. The van der Waals surface area contributed by atoms with E-state index in [4.69, 9.17) is 0 Å². The van der Waals surface area contributed by atoms with Crippen LogP contribution in [0.3, 0.4) is 0 Å². The van der Waals surface area contributed by atoms with Crippen molar-refractivity contribution in [3.63, 3.8) is 0 Å². The maximum atomic E-state index is 10.2. The van der Waals surface area contributed by atoms with Gasteiger partial charge in [-0.25, -0.2) is 0 Å². The summed E-state index contributed by atoms with van der Waals surface area (Å²) in [6.07, 6.45) is 18.1. The van der Waals surface area contributed by atoms with Crippen LogP contribution in [-0.2, 0) is 0 Å². The Morgan fingerprint density at radius 3 is 2.55 bits per heavy atom. The molecule has 0 bridgehead atoms. The van der Waals surface area contributed by atoms with E-state index in [0.717, 1.165) is 28.9 Å². The Morgan fingerprint density at radius 2 is 1.81 bits per heavy atom. The van der Waals surface area contributed by atoms with Crippen LogP contribution >= 0.6 is 0 Å². The summed E-state index contributed by atoms with van der Waals surface area (Å²) in [5.41, 5.74) is 3.89. The molecule has 0 saturated heterocycles. The molecule has 0 radical (unpaired) electrons. The zero-order chi connectivity index (χ0) is 22.6. The molecule has 2 N–H and O–H groups in total. The molecule has 31 heavy (non-hydrogen) atoms. The Morgan fingerprint density at radius 1 is 1.06 bits per heavy atom. The Labute approximate surface area is 191 Å². The van der Waals surface area contributed by atoms with Crippen molar-refractivity contribution in [3.8, 4) is 0 Å². The first-order valence-corrected chi connectivity index (χ1v) is 13.2. The van der Waals surface area contributed by atoms with Crippen LogP contribution in [0.1, 0.15) is 105 Å². The predicted octanol–water partition coefficient (Wildman–Crippen LogP) is 7.37. The summed E-state index contributed by atoms with van der Waals surface area (Å²) >= 11 is 0. The van der Waals surface area contributed by atoms with Crippen LogP contribution in [0.15, 0.2) is 35.5 Å². The van der Waals surface area contributed by atoms with E-state index in [-0.39, 0.29) is 0 Å². The fourth-order valence-electron chi connectivity index (χ4n) is 7.08. The number of fused-ring (bicyclic) bond motifs is 1. The van der Waals surface area contributed by atoms with Crippen molar-refractivity contribution in [2.75, 3.05) is 0 Å². The van der Waals surface area contributed by atoms with E-state index in [1.165, 1.54) is 64.2 Å². The normalized spacial score (nSPS) is 37.6. The number of allylic oxidation sites excluding steroid dienone is 3. The summed E-state index contributed by atoms with van der Waals surface area (Å²) in [6, 6.07) is 0. The first-order valence-electron chi connectivity index (χ1n) is 13.2. The molecule has 0 aliphatic heterocycles. The molecular formula is C29H48O2. The first kappa shape index (κ1) is 24.8. The molecule has 3 fully saturated rings. The highest BCUT2D eigenvalue weighted by Crippen LogP contribution is 2.59. The van der Waals surface area contributed by atoms with Gasteiger partial charge in [-0.2, -0.15) is 0 Å². The molecule has 3 rings (SSSR count). The molecule has 0 aromatic carbocycles. The van der Waals surface area contributed by atoms with E-state index < -0.39 is 12.2 Å². The molecule has 0 heterocycles. The van der Waals surface area contributed by atoms with Gasteiger partial charge in [0.2, 0.25) is 0 Å². The SMILES string of the molecule is C=C1/C(=C\C=C2/CCC[C@]3(C)[C@@H]([C@H](C)CCCCCC(C)C)CC[C@@H]23)C[C@@H](O)C[C@@H]1O. The van der Waals surface area contributed by atoms with Crippen molar-refractivity contribution in [3.05, 3.63) is 35.5 Å². The summed E-state index contributed by atoms with van der Waals surface area (Å²) in [6.45, 7) is 13.9. The van der Waals surface area contributed by atoms with Crippen LogP contribution in [0.2, 0.25) is 0 Å². The number of hydrogen-bond donors (Lipinski definition) is 2. The summed E-state index contributed by atoms with van der Waals surface area (Å²) in [5.74, 6) is 3.23. The van der Waals surface area contributed by atoms with Gasteiger partial charge >= 0.3 is 0 Å². The topological polar surface area (TPSA) is 40.5 Å². The molecule has 0 aromatic rings. The fourth-order valence-corrected chi connectivity index (χ4v) is 7.08. The second-order valence-corrected chi connectivity index (χ2v) is 11.7. The maximum Gasteiger partial charge on any atom is 0.0811 e. The third kappa shape index (κ3) is 5.93. The van der Waals surface area contributed by atoms with Gasteiger partial charge in [-0.1, -0.05) is 84.1 Å². The lowest BCUT2D eigenvalue weighted by Crippen LogP contribution is -2.36. The zero-order valence-corrected chi connectivity index (χ0v) is 20.7. The van der Waals surface area contributed by atoms with Crippen LogP contribution in [0.4, 0.5) is 0 Å². The zero-order valence-electron chi connectivity index (χ0n) is 20.7. The highest BCUT2D eigenvalue weighted by Gasteiger charge is 2.50. The van der Waals surface area contributed by atoms with E-state index in [1.807, 2.05) is 0 Å². The Hall–Kier alpha value is -0.860. The van der Waals surface area contributed by atoms with Crippen LogP contribution < -0.4 is 0 Å². The van der Waals surface area contributed by atoms with Crippen molar-refractivity contribution in [2.45, 2.75) is 117 Å². The maximum absolute atomic E-state index is 10.2. The number of aliphatic hydroxyl groups is 2. The van der Waals surface area contributed by atoms with Gasteiger partial charge in [-0.3, -0.25) is 0 Å². The van der Waals surface area contributed by atoms with Gasteiger partial charge in [0.05, 0.1) is 12.2 Å². The quantitative estimate of drug-likeness (QED) is 0.396. The summed E-state index contributed by atoms with van der Waals surface area (Å²) in [4.78, 5) is 0. The van der Waals surface area contributed by atoms with E-state index in [1.54, 1.807) is 5.57 Å². The third-order valence-corrected chi connectivity index (χ3v) is 8.93. The van der Waals surface area contributed by atoms with Gasteiger partial charge in [0, 0.05) is 6.42 Å². The lowest BCUT2D eigenvalue weighted by molar-refractivity contribution is 0.0861. The molecule has 0 unspecified atom stereocenters. The van der Waals surface area contributed by atoms with Crippen LogP contribution in [0.25, 0.3) is 0 Å². The second kappa shape index (κ2) is 10.8. The van der Waals surface area contributed by atoms with Gasteiger partial charge in [-0.15, -0.1) is 0 Å². The van der Waals surface area contributed by atoms with Gasteiger partial charge < -0.3 is 10.2 Å². The summed E-state index contributed by atoms with van der Waals surface area (Å²) in [5, 5.41) is 20.2. The molecule has 176 valence electrons. The standard InChI is InChI=1S/C29H48O2/c1-20(2)10-7-6-8-11-21(3)26-15-16-27-23(12-9-17-29(26,27)5)13-14-24-18-25(30)19-28(31)22(24)4/h13-14,20-21,25-28,30-31H,4,6-12,15-19H2,1-3,5H3/b23-13+,24-14-/t21-,25-,26-,27+,28+,29-/m1/s1. The lowest BCUT2D eigenvalue weighted by Gasteiger charge is -2.44. The highest BCUT2D eigenvalue weighted by molar-refractivity contribution is 5.38. The highest BCUT2D eigenvalue weighted by atomic mass is 16.3. The monoisotopic (exact) mass is 428 g/mol. The summed E-state index contributed by atoms with van der Waals surface area (Å²) < 4.78 is 0. The third-order valence-electron chi connectivity index (χ3n) is 8.93. The largest absolute Gasteiger partial charge is 0.393 e. The number of unbranched alkanes of at least 4 members (excludes halogenated alkanes) is 2. The van der Waals surface area contributed by atoms with Crippen molar-refractivity contribution in [1.29, 1.82) is 0 Å². The van der Waals surface area contributed by atoms with Gasteiger partial charge in [0.25, 0.3) is 0 Å². The van der Waals surface area contributed by atoms with E-state index in [2.05, 4.69) is 46.4 Å². The molecule has 3 aliphatic rings. The smallest absolute Gasteiger partial charge is 0.0811 e. The van der Waals surface area contributed by atoms with Crippen molar-refractivity contribution in [2.24, 2.45) is 29.1 Å². The Balaban J connectivity index is 1.63. The minimum Gasteiger partial charge on any atom is -0.393 e. The van der Waals surface area contributed by atoms with Crippen LogP contribution in [0.5, 0.6) is 0 Å². The van der Waals surface area contributed by atoms with E-state index in [9.17, 15) is 10.2 Å². The first-order chi connectivity index (χ1) is 14.7. The average molecular weight is 429 g/mol. The molecule has 2 heteroatoms. The van der Waals surface area contributed by atoms with Crippen molar-refractivity contribution in [1.82, 2.24) is 0 Å². The lowest BCUT2D eigenvalue weighted by atomic mass is 9.60. The van der Waals surface area contributed by atoms with Gasteiger partial charge in [-0.05, 0) is 78.8 Å². The van der Waals surface area contributed by atoms with Crippen molar-refractivity contribution < 1.29 is 10.2 Å². The number of aliphatic hydroxyl groups excluding tert-OH is 2. The van der Waals surface area contributed by atoms with Crippen LogP contribution in [-0.4, -0.2) is 22.4 Å². The number of hydrogen-bond acceptors (Lipinski definition) is 2. The van der Waals surface area contributed by atoms with E-state index >= 15 is 0 Å². The fraction of sp³-hybridized carbons (Fsp3) is 0.793. The molecule has 0 spiro atoms. The minimum absolute atomic E-state index is 0.421. The van der Waals surface area contributed by atoms with Crippen molar-refractivity contribution >= 4 is 0 Å². The molecule has 0 amide bonds. The molecule has 3 saturated carbocycles. The second-order valence-electron chi connectivity index (χ2n) is 11.7. The Bertz CT molecular complexity index is 672.